The minimum absolute atomic E-state index is 0.228. The van der Waals surface area contributed by atoms with Crippen molar-refractivity contribution in [3.8, 4) is 0 Å². The molecule has 0 aliphatic carbocycles. The van der Waals surface area contributed by atoms with Crippen molar-refractivity contribution in [3.05, 3.63) is 65.5 Å². The lowest BCUT2D eigenvalue weighted by Gasteiger charge is -2.13. The van der Waals surface area contributed by atoms with Crippen LogP contribution in [0.2, 0.25) is 0 Å². The van der Waals surface area contributed by atoms with E-state index in [2.05, 4.69) is 17.8 Å². The molecule has 0 atom stereocenters. The zero-order valence-corrected chi connectivity index (χ0v) is 12.9. The molecule has 118 valence electrons. The molecule has 0 amide bonds. The first kappa shape index (κ1) is 16.5. The Kier molecular flexibility index (Phi) is 6.87. The first-order chi connectivity index (χ1) is 10.8. The van der Waals surface area contributed by atoms with Crippen molar-refractivity contribution in [2.24, 2.45) is 0 Å². The molecule has 0 fully saturated rings. The molecule has 0 bridgehead atoms. The molecule has 0 spiro atoms. The molecule has 0 radical (unpaired) electrons. The lowest BCUT2D eigenvalue weighted by Crippen LogP contribution is -2.21. The van der Waals surface area contributed by atoms with E-state index in [1.54, 1.807) is 12.1 Å². The van der Waals surface area contributed by atoms with Crippen LogP contribution in [0.1, 0.15) is 30.9 Å². The maximum Gasteiger partial charge on any atom is 0.123 e. The molecular formula is C18H23FN2O. The molecule has 2 N–H and O–H groups in total. The largest absolute Gasteiger partial charge is 0.377 e. The number of halogens is 1. The first-order valence-electron chi connectivity index (χ1n) is 7.68. The molecular weight excluding hydrogens is 279 g/mol. The topological polar surface area (TPSA) is 33.3 Å². The Morgan fingerprint density at radius 1 is 1.05 bits per heavy atom. The van der Waals surface area contributed by atoms with Gasteiger partial charge in [-0.25, -0.2) is 9.82 Å². The summed E-state index contributed by atoms with van der Waals surface area (Å²) in [5, 5.41) is 0. The maximum atomic E-state index is 13.4. The van der Waals surface area contributed by atoms with E-state index in [-0.39, 0.29) is 5.82 Å². The summed E-state index contributed by atoms with van der Waals surface area (Å²) in [6.45, 7) is 3.88. The zero-order chi connectivity index (χ0) is 15.6. The fourth-order valence-electron chi connectivity index (χ4n) is 2.09. The molecule has 2 rings (SSSR count). The van der Waals surface area contributed by atoms with Crippen LogP contribution in [0.3, 0.4) is 0 Å². The number of hydrogen-bond acceptors (Lipinski definition) is 3. The lowest BCUT2D eigenvalue weighted by atomic mass is 10.1. The average molecular weight is 302 g/mol. The molecule has 0 saturated carbocycles. The van der Waals surface area contributed by atoms with E-state index >= 15 is 0 Å². The minimum atomic E-state index is -0.228. The smallest absolute Gasteiger partial charge is 0.123 e. The zero-order valence-electron chi connectivity index (χ0n) is 12.9. The van der Waals surface area contributed by atoms with Crippen LogP contribution in [-0.4, -0.2) is 6.61 Å². The molecule has 0 saturated heterocycles. The van der Waals surface area contributed by atoms with Crippen LogP contribution in [0.5, 0.6) is 0 Å². The summed E-state index contributed by atoms with van der Waals surface area (Å²) >= 11 is 0. The van der Waals surface area contributed by atoms with Crippen LogP contribution in [0.15, 0.2) is 48.5 Å². The van der Waals surface area contributed by atoms with Gasteiger partial charge in [-0.1, -0.05) is 37.6 Å². The summed E-state index contributed by atoms with van der Waals surface area (Å²) in [7, 11) is 0. The van der Waals surface area contributed by atoms with Crippen LogP contribution >= 0.6 is 0 Å². The van der Waals surface area contributed by atoms with E-state index in [0.29, 0.717) is 19.8 Å². The fraction of sp³-hybridized carbons (Fsp3) is 0.333. The molecule has 2 aromatic carbocycles. The quantitative estimate of drug-likeness (QED) is 0.536. The molecule has 0 aliphatic rings. The molecule has 4 heteroatoms. The van der Waals surface area contributed by atoms with Crippen molar-refractivity contribution in [2.45, 2.75) is 32.9 Å². The summed E-state index contributed by atoms with van der Waals surface area (Å²) < 4.78 is 19.0. The second kappa shape index (κ2) is 9.18. The number of nitrogens with one attached hydrogen (secondary N) is 2. The number of hydrazine groups is 1. The number of rotatable bonds is 9. The van der Waals surface area contributed by atoms with Gasteiger partial charge in [0.2, 0.25) is 0 Å². The Morgan fingerprint density at radius 2 is 1.86 bits per heavy atom. The Labute approximate surface area is 131 Å². The first-order valence-corrected chi connectivity index (χ1v) is 7.68. The highest BCUT2D eigenvalue weighted by Crippen LogP contribution is 2.13. The van der Waals surface area contributed by atoms with Gasteiger partial charge in [0.1, 0.15) is 5.82 Å². The predicted molar refractivity (Wildman–Crippen MR) is 87.9 cm³/mol. The molecule has 22 heavy (non-hydrogen) atoms. The Hall–Kier alpha value is -1.91. The number of hydrogen-bond donors (Lipinski definition) is 2. The number of ether oxygens (including phenoxy) is 1. The van der Waals surface area contributed by atoms with Gasteiger partial charge in [-0.15, -0.1) is 0 Å². The average Bonchev–Trinajstić information content (AvgIpc) is 2.54. The Morgan fingerprint density at radius 3 is 2.64 bits per heavy atom. The molecule has 0 unspecified atom stereocenters. The highest BCUT2D eigenvalue weighted by Gasteiger charge is 2.04. The number of benzene rings is 2. The highest BCUT2D eigenvalue weighted by molar-refractivity contribution is 5.41. The van der Waals surface area contributed by atoms with E-state index < -0.39 is 0 Å². The van der Waals surface area contributed by atoms with Gasteiger partial charge in [-0.05, 0) is 41.8 Å². The van der Waals surface area contributed by atoms with Crippen molar-refractivity contribution in [2.75, 3.05) is 12.0 Å². The van der Waals surface area contributed by atoms with Gasteiger partial charge in [-0.3, -0.25) is 0 Å². The summed E-state index contributed by atoms with van der Waals surface area (Å²) in [5.41, 5.74) is 9.19. The van der Waals surface area contributed by atoms with Gasteiger partial charge in [0, 0.05) is 18.8 Å². The molecule has 0 aliphatic heterocycles. The van der Waals surface area contributed by atoms with E-state index in [1.165, 1.54) is 6.07 Å². The van der Waals surface area contributed by atoms with Gasteiger partial charge in [0.15, 0.2) is 0 Å². The lowest BCUT2D eigenvalue weighted by molar-refractivity contribution is 0.117. The SMILES string of the molecule is CCCCOCc1cc(F)ccc1CNNc1ccccc1. The summed E-state index contributed by atoms with van der Waals surface area (Å²) in [4.78, 5) is 0. The van der Waals surface area contributed by atoms with Crippen LogP contribution in [-0.2, 0) is 17.9 Å². The number of anilines is 1. The predicted octanol–water partition coefficient (Wildman–Crippen LogP) is 4.26. The van der Waals surface area contributed by atoms with Gasteiger partial charge in [0.05, 0.1) is 6.61 Å². The fourth-order valence-corrected chi connectivity index (χ4v) is 2.09. The van der Waals surface area contributed by atoms with Crippen LogP contribution in [0.25, 0.3) is 0 Å². The van der Waals surface area contributed by atoms with Crippen molar-refractivity contribution in [3.63, 3.8) is 0 Å². The minimum Gasteiger partial charge on any atom is -0.377 e. The molecule has 2 aromatic rings. The van der Waals surface area contributed by atoms with E-state index in [9.17, 15) is 4.39 Å². The van der Waals surface area contributed by atoms with Gasteiger partial charge in [-0.2, -0.15) is 0 Å². The summed E-state index contributed by atoms with van der Waals surface area (Å²) in [5.74, 6) is -0.228. The summed E-state index contributed by atoms with van der Waals surface area (Å²) in [6, 6.07) is 14.7. The van der Waals surface area contributed by atoms with Gasteiger partial charge in [0.25, 0.3) is 0 Å². The molecule has 0 aromatic heterocycles. The standard InChI is InChI=1S/C18H23FN2O/c1-2-3-11-22-14-16-12-17(19)10-9-15(16)13-20-21-18-7-5-4-6-8-18/h4-10,12,20-21H,2-3,11,13-14H2,1H3. The van der Waals surface area contributed by atoms with Crippen molar-refractivity contribution >= 4 is 5.69 Å². The van der Waals surface area contributed by atoms with Crippen LogP contribution in [0, 0.1) is 5.82 Å². The van der Waals surface area contributed by atoms with Gasteiger partial charge < -0.3 is 10.2 Å². The Bertz CT molecular complexity index is 560. The van der Waals surface area contributed by atoms with Crippen LogP contribution in [0.4, 0.5) is 10.1 Å². The number of para-hydroxylation sites is 1. The third kappa shape index (κ3) is 5.47. The highest BCUT2D eigenvalue weighted by atomic mass is 19.1. The van der Waals surface area contributed by atoms with Crippen molar-refractivity contribution in [1.82, 2.24) is 5.43 Å². The number of unbranched alkanes of at least 4 members (excludes halogenated alkanes) is 1. The third-order valence-electron chi connectivity index (χ3n) is 3.35. The molecule has 3 nitrogen and oxygen atoms in total. The maximum absolute atomic E-state index is 13.4. The van der Waals surface area contributed by atoms with E-state index in [0.717, 1.165) is 29.7 Å². The Balaban J connectivity index is 1.88. The third-order valence-corrected chi connectivity index (χ3v) is 3.35. The van der Waals surface area contributed by atoms with Crippen LogP contribution < -0.4 is 10.9 Å². The van der Waals surface area contributed by atoms with Crippen molar-refractivity contribution in [1.29, 1.82) is 0 Å². The second-order valence-electron chi connectivity index (χ2n) is 5.16. The van der Waals surface area contributed by atoms with E-state index in [4.69, 9.17) is 4.74 Å². The summed E-state index contributed by atoms with van der Waals surface area (Å²) in [6.07, 6.45) is 2.12. The van der Waals surface area contributed by atoms with E-state index in [1.807, 2.05) is 30.3 Å². The monoisotopic (exact) mass is 302 g/mol. The van der Waals surface area contributed by atoms with Crippen molar-refractivity contribution < 1.29 is 9.13 Å². The second-order valence-corrected chi connectivity index (χ2v) is 5.16. The molecule has 0 heterocycles. The normalized spacial score (nSPS) is 10.6. The van der Waals surface area contributed by atoms with Gasteiger partial charge >= 0.3 is 0 Å².